The summed E-state index contributed by atoms with van der Waals surface area (Å²) in [5.74, 6) is -0.272. The Morgan fingerprint density at radius 2 is 2.06 bits per heavy atom. The van der Waals surface area contributed by atoms with Crippen LogP contribution in [0.15, 0.2) is 35.4 Å². The quantitative estimate of drug-likeness (QED) is 0.494. The second kappa shape index (κ2) is 10.3. The van der Waals surface area contributed by atoms with Gasteiger partial charge in [0.15, 0.2) is 17.5 Å². The number of alkyl halides is 1. The highest BCUT2D eigenvalue weighted by Gasteiger charge is 2.42. The summed E-state index contributed by atoms with van der Waals surface area (Å²) in [6.45, 7) is 4.13. The molecule has 1 aliphatic carbocycles. The summed E-state index contributed by atoms with van der Waals surface area (Å²) in [5, 5.41) is 19.0. The Hall–Kier alpha value is -3.43. The van der Waals surface area contributed by atoms with Crippen LogP contribution < -0.4 is 10.6 Å². The molecule has 2 heterocycles. The fourth-order valence-electron chi connectivity index (χ4n) is 5.16. The first-order chi connectivity index (χ1) is 17.1. The van der Waals surface area contributed by atoms with E-state index in [0.29, 0.717) is 5.82 Å². The van der Waals surface area contributed by atoms with Gasteiger partial charge in [-0.2, -0.15) is 4.98 Å². The Labute approximate surface area is 209 Å². The molecule has 0 amide bonds. The summed E-state index contributed by atoms with van der Waals surface area (Å²) in [5.41, 5.74) is -0.599. The molecule has 3 atom stereocenters. The standard InChI is InChI=1S/C26H32F2N6O2/c1-5-11-26(2)12-7-6-8-19(23(26)28)34(4)21-14-29-24(32-31-21)17-10-9-16(13-20(17)35)22-18(27)15-33(3)25(36)30-22/h9-10,13-15,19,23,35H,5-8,11-12H2,1-4H3/t19-,23-,26+/m0/s1. The van der Waals surface area contributed by atoms with Gasteiger partial charge in [-0.25, -0.2) is 18.6 Å². The van der Waals surface area contributed by atoms with Gasteiger partial charge in [0, 0.05) is 31.3 Å². The highest BCUT2D eigenvalue weighted by Crippen LogP contribution is 2.42. The van der Waals surface area contributed by atoms with Crippen molar-refractivity contribution in [1.82, 2.24) is 24.7 Å². The van der Waals surface area contributed by atoms with Crippen molar-refractivity contribution in [2.24, 2.45) is 12.5 Å². The molecular formula is C26H32F2N6O2. The molecule has 1 aromatic carbocycles. The number of hydrogen-bond acceptors (Lipinski definition) is 7. The van der Waals surface area contributed by atoms with Crippen molar-refractivity contribution in [3.63, 3.8) is 0 Å². The minimum absolute atomic E-state index is 0.157. The van der Waals surface area contributed by atoms with E-state index in [0.717, 1.165) is 49.3 Å². The van der Waals surface area contributed by atoms with Gasteiger partial charge in [-0.3, -0.25) is 4.57 Å². The average Bonchev–Trinajstić information content (AvgIpc) is 2.99. The van der Waals surface area contributed by atoms with Crippen molar-refractivity contribution >= 4 is 5.82 Å². The maximum atomic E-state index is 15.7. The summed E-state index contributed by atoms with van der Waals surface area (Å²) >= 11 is 0. The number of rotatable bonds is 6. The molecule has 192 valence electrons. The van der Waals surface area contributed by atoms with Crippen molar-refractivity contribution in [2.75, 3.05) is 11.9 Å². The number of nitrogens with zero attached hydrogens (tertiary/aromatic N) is 6. The number of benzene rings is 1. The summed E-state index contributed by atoms with van der Waals surface area (Å²) in [6.07, 6.45) is 6.92. The van der Waals surface area contributed by atoms with E-state index in [9.17, 15) is 14.3 Å². The highest BCUT2D eigenvalue weighted by atomic mass is 19.1. The highest BCUT2D eigenvalue weighted by molar-refractivity contribution is 5.71. The number of phenolic OH excluding ortho intramolecular Hbond substituents is 1. The molecule has 0 unspecified atom stereocenters. The molecule has 1 aliphatic rings. The predicted molar refractivity (Wildman–Crippen MR) is 134 cm³/mol. The SMILES string of the molecule is CCC[C@]1(C)CCCC[C@H](N(C)c2cnc(-c3ccc(-c4nc(=O)n(C)cc4F)cc3O)nn2)[C@@H]1F. The van der Waals surface area contributed by atoms with Gasteiger partial charge in [0.05, 0.1) is 17.8 Å². The molecule has 8 nitrogen and oxygen atoms in total. The van der Waals surface area contributed by atoms with Crippen molar-refractivity contribution in [3.05, 3.63) is 46.9 Å². The van der Waals surface area contributed by atoms with Crippen LogP contribution in [-0.4, -0.2) is 49.1 Å². The number of aromatic nitrogens is 5. The van der Waals surface area contributed by atoms with Crippen LogP contribution in [0.2, 0.25) is 0 Å². The fourth-order valence-corrected chi connectivity index (χ4v) is 5.16. The Kier molecular flexibility index (Phi) is 7.33. The van der Waals surface area contributed by atoms with Crippen LogP contribution in [0.25, 0.3) is 22.6 Å². The normalized spacial score (nSPS) is 22.3. The number of hydrogen-bond donors (Lipinski definition) is 1. The van der Waals surface area contributed by atoms with Gasteiger partial charge in [0.2, 0.25) is 0 Å². The third kappa shape index (κ3) is 4.94. The lowest BCUT2D eigenvalue weighted by Gasteiger charge is -2.39. The molecule has 1 saturated carbocycles. The van der Waals surface area contributed by atoms with Crippen molar-refractivity contribution in [2.45, 2.75) is 64.6 Å². The zero-order chi connectivity index (χ0) is 26.0. The molecule has 4 rings (SSSR count). The Morgan fingerprint density at radius 3 is 2.72 bits per heavy atom. The van der Waals surface area contributed by atoms with Gasteiger partial charge in [-0.15, -0.1) is 10.2 Å². The number of aryl methyl sites for hydroxylation is 1. The van der Waals surface area contributed by atoms with Crippen LogP contribution in [0, 0.1) is 11.2 Å². The van der Waals surface area contributed by atoms with Crippen LogP contribution in [0.3, 0.4) is 0 Å². The second-order valence-corrected chi connectivity index (χ2v) is 9.93. The van der Waals surface area contributed by atoms with E-state index < -0.39 is 17.7 Å². The molecule has 0 radical (unpaired) electrons. The Morgan fingerprint density at radius 1 is 1.28 bits per heavy atom. The van der Waals surface area contributed by atoms with Gasteiger partial charge in [0.1, 0.15) is 17.6 Å². The largest absolute Gasteiger partial charge is 0.507 e. The molecule has 1 fully saturated rings. The fraction of sp³-hybridized carbons (Fsp3) is 0.500. The van der Waals surface area contributed by atoms with Crippen molar-refractivity contribution in [3.8, 4) is 28.4 Å². The topological polar surface area (TPSA) is 97.0 Å². The molecule has 0 saturated heterocycles. The minimum atomic E-state index is -0.994. The van der Waals surface area contributed by atoms with Crippen molar-refractivity contribution in [1.29, 1.82) is 0 Å². The van der Waals surface area contributed by atoms with Crippen LogP contribution in [0.1, 0.15) is 52.4 Å². The van der Waals surface area contributed by atoms with Crippen molar-refractivity contribution < 1.29 is 13.9 Å². The second-order valence-electron chi connectivity index (χ2n) is 9.93. The number of anilines is 1. The zero-order valence-electron chi connectivity index (χ0n) is 21.1. The van der Waals surface area contributed by atoms with Crippen LogP contribution in [0.4, 0.5) is 14.6 Å². The van der Waals surface area contributed by atoms with E-state index >= 15 is 4.39 Å². The maximum absolute atomic E-state index is 15.7. The zero-order valence-corrected chi connectivity index (χ0v) is 21.1. The smallest absolute Gasteiger partial charge is 0.348 e. The number of halogens is 2. The first-order valence-electron chi connectivity index (χ1n) is 12.3. The molecule has 10 heteroatoms. The van der Waals surface area contributed by atoms with Gasteiger partial charge in [-0.05, 0) is 31.4 Å². The van der Waals surface area contributed by atoms with E-state index in [1.165, 1.54) is 31.4 Å². The molecule has 36 heavy (non-hydrogen) atoms. The number of aromatic hydroxyl groups is 1. The lowest BCUT2D eigenvalue weighted by atomic mass is 9.76. The third-order valence-corrected chi connectivity index (χ3v) is 7.29. The average molecular weight is 499 g/mol. The molecule has 0 bridgehead atoms. The third-order valence-electron chi connectivity index (χ3n) is 7.29. The van der Waals surface area contributed by atoms with E-state index in [4.69, 9.17) is 0 Å². The Bertz CT molecular complexity index is 1280. The lowest BCUT2D eigenvalue weighted by molar-refractivity contribution is 0.0868. The van der Waals surface area contributed by atoms with Crippen LogP contribution >= 0.6 is 0 Å². The molecule has 0 spiro atoms. The summed E-state index contributed by atoms with van der Waals surface area (Å²) in [7, 11) is 3.22. The Balaban J connectivity index is 1.57. The lowest BCUT2D eigenvalue weighted by Crippen LogP contribution is -2.46. The summed E-state index contributed by atoms with van der Waals surface area (Å²) in [6, 6.07) is 4.02. The van der Waals surface area contributed by atoms with Crippen LogP contribution in [-0.2, 0) is 7.05 Å². The van der Waals surface area contributed by atoms with Gasteiger partial charge in [0.25, 0.3) is 0 Å². The first kappa shape index (κ1) is 25.7. The maximum Gasteiger partial charge on any atom is 0.348 e. The predicted octanol–water partition coefficient (Wildman–Crippen LogP) is 4.67. The molecule has 0 aliphatic heterocycles. The summed E-state index contributed by atoms with van der Waals surface area (Å²) in [4.78, 5) is 21.7. The van der Waals surface area contributed by atoms with Gasteiger partial charge < -0.3 is 10.0 Å². The first-order valence-corrected chi connectivity index (χ1v) is 12.3. The van der Waals surface area contributed by atoms with Gasteiger partial charge >= 0.3 is 5.69 Å². The van der Waals surface area contributed by atoms with E-state index in [-0.39, 0.29) is 39.9 Å². The molecule has 2 aromatic heterocycles. The number of phenols is 1. The minimum Gasteiger partial charge on any atom is -0.507 e. The monoisotopic (exact) mass is 498 g/mol. The van der Waals surface area contributed by atoms with Crippen LogP contribution in [0.5, 0.6) is 5.75 Å². The molecule has 3 aromatic rings. The molecule has 1 N–H and O–H groups in total. The van der Waals surface area contributed by atoms with E-state index in [1.54, 1.807) is 0 Å². The summed E-state index contributed by atoms with van der Waals surface area (Å²) < 4.78 is 31.1. The van der Waals surface area contributed by atoms with Gasteiger partial charge in [-0.1, -0.05) is 39.2 Å². The molecular weight excluding hydrogens is 466 g/mol. The van der Waals surface area contributed by atoms with E-state index in [2.05, 4.69) is 27.1 Å². The van der Waals surface area contributed by atoms with E-state index in [1.807, 2.05) is 18.9 Å².